The summed E-state index contributed by atoms with van der Waals surface area (Å²) in [6.07, 6.45) is 2.40. The van der Waals surface area contributed by atoms with Gasteiger partial charge in [-0.05, 0) is 28.1 Å². The molecule has 0 saturated heterocycles. The van der Waals surface area contributed by atoms with Gasteiger partial charge in [0.15, 0.2) is 5.76 Å². The molecule has 1 N–H and O–H groups in total. The number of carbonyl (C=O) groups excluding carboxylic acids is 2. The predicted molar refractivity (Wildman–Crippen MR) is 61.4 cm³/mol. The Kier molecular flexibility index (Phi) is 3.33. The third kappa shape index (κ3) is 2.80. The highest BCUT2D eigenvalue weighted by Crippen LogP contribution is 2.09. The second-order valence-corrected chi connectivity index (χ2v) is 3.42. The van der Waals surface area contributed by atoms with E-state index < -0.39 is 22.6 Å². The van der Waals surface area contributed by atoms with Gasteiger partial charge in [-0.3, -0.25) is 14.9 Å². The Balaban J connectivity index is 2.14. The zero-order valence-corrected chi connectivity index (χ0v) is 9.40. The Hall–Kier alpha value is -3.03. The fraction of sp³-hybridized carbons (Fsp3) is 0. The van der Waals surface area contributed by atoms with E-state index in [0.29, 0.717) is 0 Å². The Morgan fingerprint density at radius 2 is 2.11 bits per heavy atom. The summed E-state index contributed by atoms with van der Waals surface area (Å²) in [6.45, 7) is 0. The molecule has 2 rings (SSSR count). The minimum atomic E-state index is -0.771. The number of hydrogen-bond donors (Lipinski definition) is 1. The standard InChI is InChI=1S/C11H7N3O5/c15-10(13-11(16)8-2-1-5-19-8)7-3-4-12-9(6-7)14(17)18/h1-6H,(H,13,15,16). The van der Waals surface area contributed by atoms with Crippen molar-refractivity contribution < 1.29 is 18.9 Å². The van der Waals surface area contributed by atoms with E-state index >= 15 is 0 Å². The first kappa shape index (κ1) is 12.4. The molecule has 0 aliphatic carbocycles. The fourth-order valence-corrected chi connectivity index (χ4v) is 1.30. The quantitative estimate of drug-likeness (QED) is 0.503. The van der Waals surface area contributed by atoms with Crippen LogP contribution in [0.4, 0.5) is 5.82 Å². The average molecular weight is 261 g/mol. The molecule has 8 nitrogen and oxygen atoms in total. The molecule has 96 valence electrons. The summed E-state index contributed by atoms with van der Waals surface area (Å²) in [5.41, 5.74) is -0.0402. The maximum Gasteiger partial charge on any atom is 0.364 e. The first-order valence-electron chi connectivity index (χ1n) is 5.07. The number of nitrogens with one attached hydrogen (secondary N) is 1. The van der Waals surface area contributed by atoms with Gasteiger partial charge >= 0.3 is 5.82 Å². The topological polar surface area (TPSA) is 115 Å². The lowest BCUT2D eigenvalue weighted by Gasteiger charge is -2.01. The first-order valence-corrected chi connectivity index (χ1v) is 5.07. The molecule has 0 saturated carbocycles. The number of nitro groups is 1. The summed E-state index contributed by atoms with van der Waals surface area (Å²) in [5.74, 6) is -2.00. The molecule has 2 heterocycles. The zero-order chi connectivity index (χ0) is 13.8. The van der Waals surface area contributed by atoms with Gasteiger partial charge in [0.1, 0.15) is 6.20 Å². The van der Waals surface area contributed by atoms with Crippen LogP contribution in [-0.2, 0) is 0 Å². The second kappa shape index (κ2) is 5.08. The maximum absolute atomic E-state index is 11.7. The van der Waals surface area contributed by atoms with E-state index in [1.54, 1.807) is 0 Å². The van der Waals surface area contributed by atoms with Crippen LogP contribution in [-0.4, -0.2) is 21.7 Å². The van der Waals surface area contributed by atoms with Crippen LogP contribution in [0.2, 0.25) is 0 Å². The molecular formula is C11H7N3O5. The van der Waals surface area contributed by atoms with E-state index in [9.17, 15) is 19.7 Å². The molecule has 2 aromatic rings. The molecule has 0 spiro atoms. The van der Waals surface area contributed by atoms with E-state index in [1.165, 1.54) is 24.5 Å². The fourth-order valence-electron chi connectivity index (χ4n) is 1.30. The van der Waals surface area contributed by atoms with Crippen LogP contribution in [0.1, 0.15) is 20.9 Å². The van der Waals surface area contributed by atoms with E-state index in [2.05, 4.69) is 4.98 Å². The zero-order valence-electron chi connectivity index (χ0n) is 9.40. The second-order valence-electron chi connectivity index (χ2n) is 3.42. The number of amides is 2. The van der Waals surface area contributed by atoms with Gasteiger partial charge in [0.2, 0.25) is 0 Å². The van der Waals surface area contributed by atoms with Gasteiger partial charge in [-0.2, -0.15) is 0 Å². The minimum absolute atomic E-state index is 0.0306. The van der Waals surface area contributed by atoms with Crippen LogP contribution in [0.3, 0.4) is 0 Å². The van der Waals surface area contributed by atoms with E-state index in [0.717, 1.165) is 12.3 Å². The number of furan rings is 1. The van der Waals surface area contributed by atoms with Crippen LogP contribution >= 0.6 is 0 Å². The number of imide groups is 1. The molecule has 0 atom stereocenters. The third-order valence-corrected chi connectivity index (χ3v) is 2.17. The van der Waals surface area contributed by atoms with Crippen molar-refractivity contribution in [2.75, 3.05) is 0 Å². The lowest BCUT2D eigenvalue weighted by molar-refractivity contribution is -0.389. The van der Waals surface area contributed by atoms with Crippen molar-refractivity contribution in [3.63, 3.8) is 0 Å². The molecular weight excluding hydrogens is 254 g/mol. The third-order valence-electron chi connectivity index (χ3n) is 2.17. The lowest BCUT2D eigenvalue weighted by Crippen LogP contribution is -2.30. The van der Waals surface area contributed by atoms with Gasteiger partial charge in [-0.25, -0.2) is 0 Å². The molecule has 0 aliphatic heterocycles. The van der Waals surface area contributed by atoms with Crippen LogP contribution in [0.25, 0.3) is 0 Å². The molecule has 0 aliphatic rings. The SMILES string of the molecule is O=C(NC(=O)c1ccco1)c1ccnc([N+](=O)[O-])c1. The minimum Gasteiger partial charge on any atom is -0.459 e. The van der Waals surface area contributed by atoms with Crippen molar-refractivity contribution in [2.45, 2.75) is 0 Å². The highest BCUT2D eigenvalue weighted by molar-refractivity contribution is 6.09. The van der Waals surface area contributed by atoms with Gasteiger partial charge in [-0.15, -0.1) is 0 Å². The van der Waals surface area contributed by atoms with Gasteiger partial charge in [-0.1, -0.05) is 0 Å². The highest BCUT2D eigenvalue weighted by atomic mass is 16.6. The molecule has 8 heteroatoms. The van der Waals surface area contributed by atoms with Gasteiger partial charge in [0, 0.05) is 6.07 Å². The predicted octanol–water partition coefficient (Wildman–Crippen LogP) is 1.15. The van der Waals surface area contributed by atoms with Gasteiger partial charge in [0.25, 0.3) is 11.8 Å². The van der Waals surface area contributed by atoms with Crippen molar-refractivity contribution in [1.29, 1.82) is 0 Å². The number of aromatic nitrogens is 1. The molecule has 0 bridgehead atoms. The summed E-state index contributed by atoms with van der Waals surface area (Å²) in [7, 11) is 0. The smallest absolute Gasteiger partial charge is 0.364 e. The molecule has 0 fully saturated rings. The Labute approximate surface area is 106 Å². The van der Waals surface area contributed by atoms with Gasteiger partial charge < -0.3 is 14.5 Å². The van der Waals surface area contributed by atoms with Gasteiger partial charge in [0.05, 0.1) is 11.8 Å². The summed E-state index contributed by atoms with van der Waals surface area (Å²) >= 11 is 0. The van der Waals surface area contributed by atoms with Crippen LogP contribution in [0.5, 0.6) is 0 Å². The Morgan fingerprint density at radius 1 is 1.32 bits per heavy atom. The average Bonchev–Trinajstić information content (AvgIpc) is 2.92. The summed E-state index contributed by atoms with van der Waals surface area (Å²) in [6, 6.07) is 5.12. The normalized spacial score (nSPS) is 9.89. The molecule has 19 heavy (non-hydrogen) atoms. The number of pyridine rings is 1. The van der Waals surface area contributed by atoms with E-state index in [4.69, 9.17) is 4.42 Å². The molecule has 0 radical (unpaired) electrons. The largest absolute Gasteiger partial charge is 0.459 e. The van der Waals surface area contributed by atoms with Crippen LogP contribution in [0.15, 0.2) is 41.1 Å². The van der Waals surface area contributed by atoms with Crippen LogP contribution in [0, 0.1) is 10.1 Å². The van der Waals surface area contributed by atoms with E-state index in [1.807, 2.05) is 5.32 Å². The number of hydrogen-bond acceptors (Lipinski definition) is 6. The monoisotopic (exact) mass is 261 g/mol. The Bertz CT molecular complexity index is 636. The van der Waals surface area contributed by atoms with Crippen molar-refractivity contribution in [1.82, 2.24) is 10.3 Å². The maximum atomic E-state index is 11.7. The van der Waals surface area contributed by atoms with Crippen molar-refractivity contribution in [3.8, 4) is 0 Å². The van der Waals surface area contributed by atoms with E-state index in [-0.39, 0.29) is 11.3 Å². The number of carbonyl (C=O) groups is 2. The summed E-state index contributed by atoms with van der Waals surface area (Å²) in [5, 5.41) is 12.6. The molecule has 0 aromatic carbocycles. The first-order chi connectivity index (χ1) is 9.08. The molecule has 2 amide bonds. The summed E-state index contributed by atoms with van der Waals surface area (Å²) < 4.78 is 4.81. The number of nitrogens with zero attached hydrogens (tertiary/aromatic N) is 2. The van der Waals surface area contributed by atoms with Crippen molar-refractivity contribution >= 4 is 17.6 Å². The molecule has 0 unspecified atom stereocenters. The van der Waals surface area contributed by atoms with Crippen molar-refractivity contribution in [3.05, 3.63) is 58.2 Å². The molecule has 2 aromatic heterocycles. The number of rotatable bonds is 3. The lowest BCUT2D eigenvalue weighted by atomic mass is 10.2. The Morgan fingerprint density at radius 3 is 2.74 bits per heavy atom. The van der Waals surface area contributed by atoms with Crippen molar-refractivity contribution in [2.24, 2.45) is 0 Å². The van der Waals surface area contributed by atoms with Crippen LogP contribution < -0.4 is 5.32 Å². The summed E-state index contributed by atoms with van der Waals surface area (Å²) in [4.78, 5) is 36.5. The highest BCUT2D eigenvalue weighted by Gasteiger charge is 2.17.